The normalized spacial score (nSPS) is 18.4. The van der Waals surface area contributed by atoms with Crippen molar-refractivity contribution in [1.29, 1.82) is 0 Å². The van der Waals surface area contributed by atoms with Crippen LogP contribution in [0.1, 0.15) is 28.8 Å². The summed E-state index contributed by atoms with van der Waals surface area (Å²) in [5, 5.41) is 8.80. The Hall–Kier alpha value is -5.97. The van der Waals surface area contributed by atoms with Crippen LogP contribution in [0, 0.1) is 18.3 Å². The van der Waals surface area contributed by atoms with E-state index in [1.54, 1.807) is 42.9 Å². The molecule has 2 amide bonds. The third-order valence-electron chi connectivity index (χ3n) is 8.17. The number of aryl methyl sites for hydroxylation is 1. The number of aromatic nitrogens is 3. The van der Waals surface area contributed by atoms with Gasteiger partial charge in [0.15, 0.2) is 5.78 Å². The minimum Gasteiger partial charge on any atom is -0.468 e. The summed E-state index contributed by atoms with van der Waals surface area (Å²) in [6, 6.07) is 17.3. The number of carbonyl (C=O) groups excluding carboxylic acids is 4. The number of benzene rings is 2. The van der Waals surface area contributed by atoms with Gasteiger partial charge < -0.3 is 20.7 Å². The molecule has 2 aromatic carbocycles. The highest BCUT2D eigenvalue weighted by Crippen LogP contribution is 2.51. The number of methoxy groups -OCH3 is 1. The minimum atomic E-state index is -1.08. The predicted molar refractivity (Wildman–Crippen MR) is 172 cm³/mol. The summed E-state index contributed by atoms with van der Waals surface area (Å²) in [7, 11) is 1.28. The topological polar surface area (TPSA) is 152 Å². The molecule has 2 atom stereocenters. The molecule has 1 fully saturated rings. The smallest absolute Gasteiger partial charge is 0.316 e. The van der Waals surface area contributed by atoms with Crippen LogP contribution < -0.4 is 16.0 Å². The van der Waals surface area contributed by atoms with E-state index < -0.39 is 29.1 Å². The Morgan fingerprint density at radius 3 is 2.54 bits per heavy atom. The number of ketones is 1. The third-order valence-corrected chi connectivity index (χ3v) is 8.17. The van der Waals surface area contributed by atoms with Crippen molar-refractivity contribution >= 4 is 46.6 Å². The largest absolute Gasteiger partial charge is 0.468 e. The van der Waals surface area contributed by atoms with E-state index in [1.165, 1.54) is 19.3 Å². The van der Waals surface area contributed by atoms with Crippen molar-refractivity contribution in [2.24, 2.45) is 11.3 Å². The van der Waals surface area contributed by atoms with Crippen molar-refractivity contribution in [2.75, 3.05) is 23.1 Å². The first-order valence-electron chi connectivity index (χ1n) is 14.5. The maximum absolute atomic E-state index is 13.2. The second-order valence-electron chi connectivity index (χ2n) is 11.3. The molecule has 2 aliphatic rings. The van der Waals surface area contributed by atoms with Crippen molar-refractivity contribution < 1.29 is 23.9 Å². The predicted octanol–water partition coefficient (Wildman–Crippen LogP) is 5.42. The quantitative estimate of drug-likeness (QED) is 0.134. The number of pyridine rings is 1. The first kappa shape index (κ1) is 30.1. The molecule has 0 saturated heterocycles. The maximum atomic E-state index is 13.2. The number of fused-ring (bicyclic) bond motifs is 2. The van der Waals surface area contributed by atoms with Gasteiger partial charge in [0.05, 0.1) is 23.8 Å². The van der Waals surface area contributed by atoms with Crippen molar-refractivity contribution in [3.63, 3.8) is 0 Å². The van der Waals surface area contributed by atoms with Gasteiger partial charge in [-0.05, 0) is 79.9 Å². The summed E-state index contributed by atoms with van der Waals surface area (Å²) in [4.78, 5) is 65.0. The molecule has 11 heteroatoms. The number of esters is 1. The van der Waals surface area contributed by atoms with Gasteiger partial charge in [0.2, 0.25) is 5.95 Å². The molecule has 3 N–H and O–H groups in total. The molecular weight excluding hydrogens is 584 g/mol. The van der Waals surface area contributed by atoms with E-state index >= 15 is 0 Å². The zero-order chi connectivity index (χ0) is 32.4. The second-order valence-corrected chi connectivity index (χ2v) is 11.3. The molecule has 230 valence electrons. The van der Waals surface area contributed by atoms with Crippen molar-refractivity contribution in [3.05, 3.63) is 114 Å². The highest BCUT2D eigenvalue weighted by atomic mass is 16.5. The Morgan fingerprint density at radius 2 is 1.78 bits per heavy atom. The fourth-order valence-electron chi connectivity index (χ4n) is 5.86. The molecule has 2 heterocycles. The Balaban J connectivity index is 1.13. The molecule has 0 spiro atoms. The van der Waals surface area contributed by atoms with Gasteiger partial charge in [0.25, 0.3) is 11.8 Å². The molecule has 46 heavy (non-hydrogen) atoms. The number of nitrogens with zero attached hydrogens (tertiary/aromatic N) is 3. The molecule has 2 aliphatic carbocycles. The first-order chi connectivity index (χ1) is 22.2. The number of amides is 2. The minimum absolute atomic E-state index is 0.117. The molecular formula is C35H30N6O5. The van der Waals surface area contributed by atoms with Crippen LogP contribution in [0.2, 0.25) is 0 Å². The summed E-state index contributed by atoms with van der Waals surface area (Å²) in [6.07, 6.45) is 7.01. The fraction of sp³-hybridized carbons (Fsp3) is 0.171. The lowest BCUT2D eigenvalue weighted by Crippen LogP contribution is -2.36. The number of Topliss-reactive ketones (excluding diaryl/α,β-unsaturated/α-hetero) is 1. The van der Waals surface area contributed by atoms with Crippen molar-refractivity contribution in [3.8, 4) is 11.3 Å². The Kier molecular flexibility index (Phi) is 7.97. The number of allylic oxidation sites excluding steroid dienone is 1. The van der Waals surface area contributed by atoms with Gasteiger partial charge >= 0.3 is 5.97 Å². The number of hydrogen-bond acceptors (Lipinski definition) is 9. The SMILES string of the molecule is C=C1C[C@@]2(C(=O)OC)C=C(C(=O)Nc3cccc(C(=O)Nc4ccc(Nc5nccc(-c6cccnc6)n5)c(C)c4)c3)C(=O)[C@@H]1C2. The van der Waals surface area contributed by atoms with E-state index in [0.29, 0.717) is 28.5 Å². The number of rotatable bonds is 8. The average molecular weight is 615 g/mol. The van der Waals surface area contributed by atoms with Crippen LogP contribution in [-0.4, -0.2) is 45.6 Å². The summed E-state index contributed by atoms with van der Waals surface area (Å²) >= 11 is 0. The van der Waals surface area contributed by atoms with Crippen LogP contribution in [-0.2, 0) is 19.1 Å². The average Bonchev–Trinajstić information content (AvgIpc) is 3.36. The Bertz CT molecular complexity index is 1940. The molecule has 2 bridgehead atoms. The van der Waals surface area contributed by atoms with Gasteiger partial charge in [-0.25, -0.2) is 9.97 Å². The number of nitrogens with one attached hydrogen (secondary N) is 3. The van der Waals surface area contributed by atoms with Gasteiger partial charge in [0.1, 0.15) is 0 Å². The van der Waals surface area contributed by atoms with Crippen LogP contribution in [0.15, 0.2) is 103 Å². The number of hydrogen-bond donors (Lipinski definition) is 3. The molecule has 4 aromatic rings. The lowest BCUT2D eigenvalue weighted by molar-refractivity contribution is -0.149. The standard InChI is InChI=1S/C35H30N6O5/c1-20-14-25(9-10-28(20)40-34-37-13-11-29(41-34)23-7-5-12-36-19-23)38-31(43)22-6-4-8-24(15-22)39-32(44)27-18-35(33(45)46-3)16-21(2)26(17-35)30(27)42/h4-15,18-19,26H,2,16-17H2,1,3H3,(H,38,43)(H,39,44)(H,37,40,41)/t26-,35+/m1/s1. The second kappa shape index (κ2) is 12.2. The maximum Gasteiger partial charge on any atom is 0.316 e. The van der Waals surface area contributed by atoms with Gasteiger partial charge in [-0.15, -0.1) is 0 Å². The van der Waals surface area contributed by atoms with Crippen molar-refractivity contribution in [1.82, 2.24) is 15.0 Å². The molecule has 2 aromatic heterocycles. The zero-order valence-electron chi connectivity index (χ0n) is 25.2. The zero-order valence-corrected chi connectivity index (χ0v) is 25.2. The summed E-state index contributed by atoms with van der Waals surface area (Å²) < 4.78 is 4.97. The van der Waals surface area contributed by atoms with Crippen molar-refractivity contribution in [2.45, 2.75) is 19.8 Å². The molecule has 1 saturated carbocycles. The lowest BCUT2D eigenvalue weighted by Gasteiger charge is -2.27. The van der Waals surface area contributed by atoms with Gasteiger partial charge in [-0.1, -0.05) is 24.3 Å². The third kappa shape index (κ3) is 5.90. The molecule has 0 aliphatic heterocycles. The van der Waals surface area contributed by atoms with Gasteiger partial charge in [0, 0.05) is 52.7 Å². The van der Waals surface area contributed by atoms with Gasteiger partial charge in [-0.2, -0.15) is 0 Å². The Morgan fingerprint density at radius 1 is 0.978 bits per heavy atom. The number of carbonyl (C=O) groups is 4. The van der Waals surface area contributed by atoms with E-state index in [4.69, 9.17) is 4.74 Å². The molecule has 0 unspecified atom stereocenters. The highest BCUT2D eigenvalue weighted by molar-refractivity contribution is 6.26. The lowest BCUT2D eigenvalue weighted by atomic mass is 9.77. The van der Waals surface area contributed by atoms with E-state index in [-0.39, 0.29) is 24.2 Å². The number of ether oxygens (including phenoxy) is 1. The van der Waals surface area contributed by atoms with Crippen LogP contribution >= 0.6 is 0 Å². The summed E-state index contributed by atoms with van der Waals surface area (Å²) in [5.41, 5.74) is 3.80. The summed E-state index contributed by atoms with van der Waals surface area (Å²) in [6.45, 7) is 5.84. The monoisotopic (exact) mass is 614 g/mol. The number of anilines is 4. The summed E-state index contributed by atoms with van der Waals surface area (Å²) in [5.74, 6) is -2.13. The van der Waals surface area contributed by atoms with Crippen LogP contribution in [0.3, 0.4) is 0 Å². The first-order valence-corrected chi connectivity index (χ1v) is 14.5. The van der Waals surface area contributed by atoms with Crippen LogP contribution in [0.4, 0.5) is 23.0 Å². The van der Waals surface area contributed by atoms with Crippen LogP contribution in [0.25, 0.3) is 11.3 Å². The Labute approximate surface area is 264 Å². The molecule has 6 rings (SSSR count). The van der Waals surface area contributed by atoms with E-state index in [2.05, 4.69) is 37.5 Å². The molecule has 0 radical (unpaired) electrons. The van der Waals surface area contributed by atoms with Crippen LogP contribution in [0.5, 0.6) is 0 Å². The van der Waals surface area contributed by atoms with E-state index in [0.717, 1.165) is 22.5 Å². The van der Waals surface area contributed by atoms with E-state index in [9.17, 15) is 19.2 Å². The highest BCUT2D eigenvalue weighted by Gasteiger charge is 2.54. The fourth-order valence-corrected chi connectivity index (χ4v) is 5.86. The molecule has 11 nitrogen and oxygen atoms in total. The van der Waals surface area contributed by atoms with E-state index in [1.807, 2.05) is 37.3 Å². The van der Waals surface area contributed by atoms with Gasteiger partial charge in [-0.3, -0.25) is 24.2 Å².